The van der Waals surface area contributed by atoms with Crippen LogP contribution in [0.2, 0.25) is 0 Å². The van der Waals surface area contributed by atoms with E-state index >= 15 is 0 Å². The molecular formula is C28H33N5O3. The fraction of sp³-hybridized carbons (Fsp3) is 0.429. The van der Waals surface area contributed by atoms with E-state index in [9.17, 15) is 4.79 Å². The zero-order valence-electron chi connectivity index (χ0n) is 21.2. The molecular weight excluding hydrogens is 454 g/mol. The number of pyridine rings is 2. The second-order valence-corrected chi connectivity index (χ2v) is 9.55. The summed E-state index contributed by atoms with van der Waals surface area (Å²) < 4.78 is 12.9. The Bertz CT molecular complexity index is 1260. The van der Waals surface area contributed by atoms with Gasteiger partial charge in [0.05, 0.1) is 37.8 Å². The molecule has 1 aliphatic heterocycles. The molecule has 0 spiro atoms. The molecule has 1 fully saturated rings. The maximum Gasteiger partial charge on any atom is 0.170 e. The van der Waals surface area contributed by atoms with E-state index in [1.807, 2.05) is 32.0 Å². The fourth-order valence-electron chi connectivity index (χ4n) is 5.07. The molecule has 0 saturated carbocycles. The highest BCUT2D eigenvalue weighted by Gasteiger charge is 2.25. The quantitative estimate of drug-likeness (QED) is 0.466. The van der Waals surface area contributed by atoms with Crippen LogP contribution < -0.4 is 4.74 Å². The molecule has 0 amide bonds. The van der Waals surface area contributed by atoms with Crippen molar-refractivity contribution in [2.75, 3.05) is 33.4 Å². The molecule has 5 rings (SSSR count). The van der Waals surface area contributed by atoms with E-state index in [-0.39, 0.29) is 12.2 Å². The van der Waals surface area contributed by atoms with Crippen LogP contribution in [-0.4, -0.2) is 69.9 Å². The number of nitrogens with zero attached hydrogens (tertiary/aromatic N) is 5. The molecule has 3 aromatic heterocycles. The van der Waals surface area contributed by atoms with E-state index in [1.54, 1.807) is 30.4 Å². The molecule has 0 aromatic carbocycles. The lowest BCUT2D eigenvalue weighted by Gasteiger charge is -2.36. The van der Waals surface area contributed by atoms with Crippen LogP contribution in [-0.2, 0) is 11.2 Å². The summed E-state index contributed by atoms with van der Waals surface area (Å²) in [6.45, 7) is 7.55. The second kappa shape index (κ2) is 10.7. The number of carbonyl (C=O) groups excluding carboxylic acids is 1. The largest absolute Gasteiger partial charge is 0.494 e. The van der Waals surface area contributed by atoms with Gasteiger partial charge in [-0.05, 0) is 61.9 Å². The predicted molar refractivity (Wildman–Crippen MR) is 138 cm³/mol. The molecule has 1 unspecified atom stereocenters. The van der Waals surface area contributed by atoms with Gasteiger partial charge >= 0.3 is 0 Å². The summed E-state index contributed by atoms with van der Waals surface area (Å²) in [4.78, 5) is 24.8. The highest BCUT2D eigenvalue weighted by Crippen LogP contribution is 2.34. The van der Waals surface area contributed by atoms with Gasteiger partial charge in [-0.2, -0.15) is 5.10 Å². The van der Waals surface area contributed by atoms with E-state index in [1.165, 1.54) is 5.57 Å². The highest BCUT2D eigenvalue weighted by atomic mass is 16.5. The van der Waals surface area contributed by atoms with Crippen LogP contribution in [0.1, 0.15) is 52.1 Å². The first kappa shape index (κ1) is 24.3. The van der Waals surface area contributed by atoms with Gasteiger partial charge in [-0.1, -0.05) is 12.1 Å². The topological polar surface area (TPSA) is 82.4 Å². The zero-order chi connectivity index (χ0) is 25.1. The van der Waals surface area contributed by atoms with Crippen molar-refractivity contribution in [3.8, 4) is 11.6 Å². The van der Waals surface area contributed by atoms with Crippen LogP contribution in [0.15, 0.2) is 42.9 Å². The van der Waals surface area contributed by atoms with Crippen molar-refractivity contribution >= 4 is 11.4 Å². The van der Waals surface area contributed by atoms with Crippen molar-refractivity contribution < 1.29 is 14.3 Å². The first-order valence-corrected chi connectivity index (χ1v) is 12.6. The molecule has 0 bridgehead atoms. The fourth-order valence-corrected chi connectivity index (χ4v) is 5.07. The van der Waals surface area contributed by atoms with Gasteiger partial charge < -0.3 is 9.47 Å². The Kier molecular flexibility index (Phi) is 7.25. The first-order chi connectivity index (χ1) is 17.5. The van der Waals surface area contributed by atoms with Crippen LogP contribution in [0.25, 0.3) is 11.4 Å². The molecule has 8 nitrogen and oxygen atoms in total. The number of aromatic nitrogens is 4. The molecule has 0 N–H and O–H groups in total. The number of hydrogen-bond donors (Lipinski definition) is 0. The Hall–Kier alpha value is -3.36. The summed E-state index contributed by atoms with van der Waals surface area (Å²) in [6.07, 6.45) is 10.8. The maximum absolute atomic E-state index is 13.1. The van der Waals surface area contributed by atoms with E-state index < -0.39 is 0 Å². The Balaban J connectivity index is 1.29. The normalized spacial score (nSPS) is 18.6. The summed E-state index contributed by atoms with van der Waals surface area (Å²) in [7, 11) is 1.66. The lowest BCUT2D eigenvalue weighted by Crippen LogP contribution is -2.43. The number of allylic oxidation sites excluding steroid dienone is 1. The minimum atomic E-state index is -0.00676. The lowest BCUT2D eigenvalue weighted by molar-refractivity contribution is 0.0150. The first-order valence-electron chi connectivity index (χ1n) is 12.6. The molecule has 188 valence electrons. The van der Waals surface area contributed by atoms with Crippen molar-refractivity contribution in [1.82, 2.24) is 24.6 Å². The van der Waals surface area contributed by atoms with Crippen LogP contribution in [0, 0.1) is 13.8 Å². The third-order valence-electron chi connectivity index (χ3n) is 7.17. The summed E-state index contributed by atoms with van der Waals surface area (Å²) in [5.74, 6) is 1.40. The van der Waals surface area contributed by atoms with E-state index in [0.29, 0.717) is 23.2 Å². The molecule has 8 heteroatoms. The number of methoxy groups -OCH3 is 1. The summed E-state index contributed by atoms with van der Waals surface area (Å²) >= 11 is 0. The van der Waals surface area contributed by atoms with Crippen molar-refractivity contribution in [3.05, 3.63) is 70.9 Å². The molecule has 1 saturated heterocycles. The van der Waals surface area contributed by atoms with Gasteiger partial charge in [-0.25, -0.2) is 9.67 Å². The van der Waals surface area contributed by atoms with Gasteiger partial charge in [0.2, 0.25) is 0 Å². The molecule has 4 heterocycles. The van der Waals surface area contributed by atoms with E-state index in [0.717, 1.165) is 68.1 Å². The Morgan fingerprint density at radius 1 is 1.14 bits per heavy atom. The summed E-state index contributed by atoms with van der Waals surface area (Å²) in [5.41, 5.74) is 5.36. The number of ether oxygens (including phenoxy) is 2. The van der Waals surface area contributed by atoms with Gasteiger partial charge in [0.1, 0.15) is 11.4 Å². The Morgan fingerprint density at radius 3 is 2.67 bits per heavy atom. The van der Waals surface area contributed by atoms with Crippen LogP contribution >= 0.6 is 0 Å². The van der Waals surface area contributed by atoms with Crippen LogP contribution in [0.4, 0.5) is 0 Å². The van der Waals surface area contributed by atoms with Crippen molar-refractivity contribution in [1.29, 1.82) is 0 Å². The van der Waals surface area contributed by atoms with E-state index in [4.69, 9.17) is 14.5 Å². The van der Waals surface area contributed by atoms with Crippen molar-refractivity contribution in [2.45, 2.75) is 45.6 Å². The Morgan fingerprint density at radius 2 is 1.97 bits per heavy atom. The number of aryl methyl sites for hydroxylation is 1. The third kappa shape index (κ3) is 5.10. The lowest BCUT2D eigenvalue weighted by atomic mass is 9.91. The predicted octanol–water partition coefficient (Wildman–Crippen LogP) is 3.98. The van der Waals surface area contributed by atoms with Crippen LogP contribution in [0.3, 0.4) is 0 Å². The van der Waals surface area contributed by atoms with Gasteiger partial charge in [-0.3, -0.25) is 14.7 Å². The number of Topliss-reactive ketones (excluding diaryl/α,β-unsaturated/α-hetero) is 1. The highest BCUT2D eigenvalue weighted by molar-refractivity contribution is 5.98. The van der Waals surface area contributed by atoms with Crippen molar-refractivity contribution in [2.24, 2.45) is 0 Å². The smallest absolute Gasteiger partial charge is 0.170 e. The molecule has 36 heavy (non-hydrogen) atoms. The second-order valence-electron chi connectivity index (χ2n) is 9.55. The van der Waals surface area contributed by atoms with E-state index in [2.05, 4.69) is 21.1 Å². The standard InChI is InChI=1S/C28H33N5O3/c1-19-4-9-27(29-16-19)33-20(2)24(18-31-33)25(34)14-21-15-26(35-3)28(30-17-21)22-5-7-23(8-6-22)32-10-12-36-13-11-32/h4-5,9,15-18,23H,6-8,10-14H2,1-3H3. The number of carbonyl (C=O) groups is 1. The third-order valence-corrected chi connectivity index (χ3v) is 7.17. The summed E-state index contributed by atoms with van der Waals surface area (Å²) in [6, 6.07) is 6.39. The minimum Gasteiger partial charge on any atom is -0.494 e. The average Bonchev–Trinajstić information content (AvgIpc) is 3.31. The SMILES string of the molecule is COc1cc(CC(=O)c2cnn(-c3ccc(C)cn3)c2C)cnc1C1=CCC(N2CCOCC2)CC1. The molecule has 1 aliphatic carbocycles. The molecule has 1 atom stereocenters. The molecule has 0 radical (unpaired) electrons. The van der Waals surface area contributed by atoms with Crippen molar-refractivity contribution in [3.63, 3.8) is 0 Å². The van der Waals surface area contributed by atoms with Gasteiger partial charge in [0.15, 0.2) is 11.6 Å². The number of ketones is 1. The maximum atomic E-state index is 13.1. The minimum absolute atomic E-state index is 0.00676. The number of morpholine rings is 1. The molecule has 2 aliphatic rings. The Labute approximate surface area is 212 Å². The van der Waals surface area contributed by atoms with Crippen LogP contribution in [0.5, 0.6) is 5.75 Å². The van der Waals surface area contributed by atoms with Gasteiger partial charge in [-0.15, -0.1) is 0 Å². The number of hydrogen-bond acceptors (Lipinski definition) is 7. The zero-order valence-corrected chi connectivity index (χ0v) is 21.2. The summed E-state index contributed by atoms with van der Waals surface area (Å²) in [5, 5.41) is 4.40. The number of rotatable bonds is 7. The van der Waals surface area contributed by atoms with Gasteiger partial charge in [0.25, 0.3) is 0 Å². The molecule has 3 aromatic rings. The van der Waals surface area contributed by atoms with Gasteiger partial charge in [0, 0.05) is 37.9 Å². The monoisotopic (exact) mass is 487 g/mol. The average molecular weight is 488 g/mol.